The molecule has 1 heterocycles. The van der Waals surface area contributed by atoms with E-state index in [1.165, 1.54) is 10.5 Å². The monoisotopic (exact) mass is 291 g/mol. The van der Waals surface area contributed by atoms with Gasteiger partial charge >= 0.3 is 0 Å². The van der Waals surface area contributed by atoms with Crippen LogP contribution in [0.2, 0.25) is 0 Å². The summed E-state index contributed by atoms with van der Waals surface area (Å²) in [5, 5.41) is 7.30. The molecule has 0 aliphatic heterocycles. The second-order valence-corrected chi connectivity index (χ2v) is 5.97. The molecule has 0 saturated carbocycles. The minimum absolute atomic E-state index is 0.509. The molecule has 1 aromatic carbocycles. The third kappa shape index (κ3) is 4.65. The van der Waals surface area contributed by atoms with Crippen molar-refractivity contribution in [2.24, 2.45) is 0 Å². The second kappa shape index (κ2) is 7.45. The maximum atomic E-state index is 5.17. The molecule has 4 nitrogen and oxygen atoms in total. The minimum atomic E-state index is 0.509. The molecule has 1 N–H and O–H groups in total. The van der Waals surface area contributed by atoms with Gasteiger partial charge in [-0.1, -0.05) is 38.1 Å². The fourth-order valence-corrected chi connectivity index (χ4v) is 2.40. The molecule has 1 aromatic heterocycles. The van der Waals surface area contributed by atoms with Crippen LogP contribution < -0.4 is 5.32 Å². The Kier molecular flexibility index (Phi) is 5.61. The number of nitrogens with one attached hydrogen (secondary N) is 1. The Bertz CT molecular complexity index is 522. The van der Waals surface area contributed by atoms with Crippen LogP contribution in [0.3, 0.4) is 0 Å². The summed E-state index contributed by atoms with van der Waals surface area (Å²) in [6.07, 6.45) is 0.811. The van der Waals surface area contributed by atoms with Crippen molar-refractivity contribution >= 4 is 11.8 Å². The SMILES string of the molecule is CCc1noc(CSc2ccc(CNC(C)C)cc2)n1. The number of benzene rings is 1. The van der Waals surface area contributed by atoms with Crippen molar-refractivity contribution in [1.29, 1.82) is 0 Å². The molecule has 0 radical (unpaired) electrons. The van der Waals surface area contributed by atoms with Crippen molar-refractivity contribution in [3.63, 3.8) is 0 Å². The van der Waals surface area contributed by atoms with Gasteiger partial charge in [0.25, 0.3) is 0 Å². The quantitative estimate of drug-likeness (QED) is 0.792. The van der Waals surface area contributed by atoms with Gasteiger partial charge in [0.15, 0.2) is 5.82 Å². The average Bonchev–Trinajstić information content (AvgIpc) is 2.92. The fourth-order valence-electron chi connectivity index (χ4n) is 1.66. The molecular weight excluding hydrogens is 270 g/mol. The van der Waals surface area contributed by atoms with Crippen LogP contribution in [0, 0.1) is 0 Å². The fraction of sp³-hybridized carbons (Fsp3) is 0.467. The number of thioether (sulfide) groups is 1. The molecule has 2 aromatic rings. The molecule has 0 amide bonds. The molecule has 20 heavy (non-hydrogen) atoms. The molecule has 2 rings (SSSR count). The van der Waals surface area contributed by atoms with E-state index in [1.54, 1.807) is 11.8 Å². The highest BCUT2D eigenvalue weighted by atomic mass is 32.2. The standard InChI is InChI=1S/C15H21N3OS/c1-4-14-17-15(19-18-14)10-20-13-7-5-12(6-8-13)9-16-11(2)3/h5-8,11,16H,4,9-10H2,1-3H3. The molecule has 108 valence electrons. The summed E-state index contributed by atoms with van der Waals surface area (Å²) in [7, 11) is 0. The van der Waals surface area contributed by atoms with Crippen LogP contribution in [0.5, 0.6) is 0 Å². The van der Waals surface area contributed by atoms with Crippen molar-refractivity contribution in [2.75, 3.05) is 0 Å². The van der Waals surface area contributed by atoms with E-state index in [0.29, 0.717) is 11.9 Å². The van der Waals surface area contributed by atoms with Crippen LogP contribution in [-0.2, 0) is 18.7 Å². The van der Waals surface area contributed by atoms with Gasteiger partial charge in [-0.25, -0.2) is 0 Å². The van der Waals surface area contributed by atoms with Crippen molar-refractivity contribution < 1.29 is 4.52 Å². The molecule has 0 spiro atoms. The van der Waals surface area contributed by atoms with Crippen LogP contribution >= 0.6 is 11.8 Å². The summed E-state index contributed by atoms with van der Waals surface area (Å²) in [4.78, 5) is 5.52. The highest BCUT2D eigenvalue weighted by molar-refractivity contribution is 7.98. The normalized spacial score (nSPS) is 11.2. The lowest BCUT2D eigenvalue weighted by Crippen LogP contribution is -2.21. The number of hydrogen-bond acceptors (Lipinski definition) is 5. The highest BCUT2D eigenvalue weighted by Gasteiger charge is 2.05. The van der Waals surface area contributed by atoms with Gasteiger partial charge in [0.2, 0.25) is 5.89 Å². The summed E-state index contributed by atoms with van der Waals surface area (Å²) in [5.74, 6) is 2.18. The average molecular weight is 291 g/mol. The Morgan fingerprint density at radius 1 is 1.25 bits per heavy atom. The van der Waals surface area contributed by atoms with E-state index < -0.39 is 0 Å². The van der Waals surface area contributed by atoms with Crippen molar-refractivity contribution in [3.05, 3.63) is 41.5 Å². The van der Waals surface area contributed by atoms with Gasteiger partial charge in [0.05, 0.1) is 5.75 Å². The van der Waals surface area contributed by atoms with Crippen LogP contribution in [-0.4, -0.2) is 16.2 Å². The molecule has 0 saturated heterocycles. The van der Waals surface area contributed by atoms with Crippen molar-refractivity contribution in [1.82, 2.24) is 15.5 Å². The molecule has 5 heteroatoms. The zero-order valence-electron chi connectivity index (χ0n) is 12.2. The van der Waals surface area contributed by atoms with E-state index in [4.69, 9.17) is 4.52 Å². The van der Waals surface area contributed by atoms with Crippen molar-refractivity contribution in [2.45, 2.75) is 50.4 Å². The third-order valence-electron chi connectivity index (χ3n) is 2.83. The van der Waals surface area contributed by atoms with Gasteiger partial charge in [-0.2, -0.15) is 4.98 Å². The van der Waals surface area contributed by atoms with Crippen molar-refractivity contribution in [3.8, 4) is 0 Å². The van der Waals surface area contributed by atoms with Crippen LogP contribution in [0.1, 0.15) is 38.0 Å². The lowest BCUT2D eigenvalue weighted by Gasteiger charge is -2.08. The van der Waals surface area contributed by atoms with Gasteiger partial charge in [0, 0.05) is 23.9 Å². The van der Waals surface area contributed by atoms with E-state index in [9.17, 15) is 0 Å². The number of aryl methyl sites for hydroxylation is 1. The summed E-state index contributed by atoms with van der Waals surface area (Å²) >= 11 is 1.71. The first-order valence-corrected chi connectivity index (χ1v) is 7.92. The molecule has 0 bridgehead atoms. The number of hydrogen-bond donors (Lipinski definition) is 1. The smallest absolute Gasteiger partial charge is 0.237 e. The lowest BCUT2D eigenvalue weighted by molar-refractivity contribution is 0.385. The molecule has 0 atom stereocenters. The number of nitrogens with zero attached hydrogens (tertiary/aromatic N) is 2. The number of rotatable bonds is 7. The van der Waals surface area contributed by atoms with Gasteiger partial charge in [0.1, 0.15) is 0 Å². The van der Waals surface area contributed by atoms with Gasteiger partial charge < -0.3 is 9.84 Å². The number of aromatic nitrogens is 2. The van der Waals surface area contributed by atoms with Crippen LogP contribution in [0.4, 0.5) is 0 Å². The molecule has 0 aliphatic carbocycles. The summed E-state index contributed by atoms with van der Waals surface area (Å²) in [5.41, 5.74) is 1.30. The Labute approximate surface area is 124 Å². The molecule has 0 aliphatic rings. The topological polar surface area (TPSA) is 51.0 Å². The highest BCUT2D eigenvalue weighted by Crippen LogP contribution is 2.22. The summed E-state index contributed by atoms with van der Waals surface area (Å²) in [6.45, 7) is 7.23. The Morgan fingerprint density at radius 3 is 2.60 bits per heavy atom. The van der Waals surface area contributed by atoms with Crippen LogP contribution in [0.15, 0.2) is 33.7 Å². The lowest BCUT2D eigenvalue weighted by atomic mass is 10.2. The summed E-state index contributed by atoms with van der Waals surface area (Å²) < 4.78 is 5.17. The molecular formula is C15H21N3OS. The zero-order valence-corrected chi connectivity index (χ0v) is 13.0. The molecule has 0 unspecified atom stereocenters. The van der Waals surface area contributed by atoms with E-state index in [0.717, 1.165) is 24.5 Å². The second-order valence-electron chi connectivity index (χ2n) is 4.93. The summed E-state index contributed by atoms with van der Waals surface area (Å²) in [6, 6.07) is 9.10. The first-order valence-electron chi connectivity index (χ1n) is 6.94. The predicted octanol–water partition coefficient (Wildman–Crippen LogP) is 3.42. The van der Waals surface area contributed by atoms with E-state index in [-0.39, 0.29) is 0 Å². The first kappa shape index (κ1) is 15.1. The van der Waals surface area contributed by atoms with E-state index in [2.05, 4.69) is 53.6 Å². The maximum Gasteiger partial charge on any atom is 0.237 e. The van der Waals surface area contributed by atoms with E-state index in [1.807, 2.05) is 6.92 Å². The van der Waals surface area contributed by atoms with Crippen LogP contribution in [0.25, 0.3) is 0 Å². The predicted molar refractivity (Wildman–Crippen MR) is 81.7 cm³/mol. The van der Waals surface area contributed by atoms with E-state index >= 15 is 0 Å². The Balaban J connectivity index is 1.84. The first-order chi connectivity index (χ1) is 9.67. The van der Waals surface area contributed by atoms with Gasteiger partial charge in [-0.05, 0) is 17.7 Å². The maximum absolute atomic E-state index is 5.17. The van der Waals surface area contributed by atoms with Gasteiger partial charge in [-0.3, -0.25) is 0 Å². The Hall–Kier alpha value is -1.33. The molecule has 0 fully saturated rings. The van der Waals surface area contributed by atoms with Gasteiger partial charge in [-0.15, -0.1) is 11.8 Å². The zero-order chi connectivity index (χ0) is 14.4. The minimum Gasteiger partial charge on any atom is -0.338 e. The third-order valence-corrected chi connectivity index (χ3v) is 3.82. The Morgan fingerprint density at radius 2 is 2.00 bits per heavy atom. The largest absolute Gasteiger partial charge is 0.338 e.